The molecule has 2 aliphatic heterocycles. The number of hydrogen-bond donors (Lipinski definition) is 1. The number of amides is 3. The Kier molecular flexibility index (Phi) is 6.06. The van der Waals surface area contributed by atoms with Crippen LogP contribution >= 0.6 is 0 Å². The summed E-state index contributed by atoms with van der Waals surface area (Å²) in [5, 5.41) is 2.89. The number of carbonyl (C=O) groups excluding carboxylic acids is 2. The third-order valence-electron chi connectivity index (χ3n) is 7.32. The maximum atomic E-state index is 13.4. The maximum absolute atomic E-state index is 13.4. The fourth-order valence-corrected chi connectivity index (χ4v) is 6.53. The van der Waals surface area contributed by atoms with Gasteiger partial charge in [0.25, 0.3) is 5.91 Å². The minimum absolute atomic E-state index is 0.127. The largest absolute Gasteiger partial charge is 0.497 e. The lowest BCUT2D eigenvalue weighted by Gasteiger charge is -2.35. The summed E-state index contributed by atoms with van der Waals surface area (Å²) >= 11 is 0. The second kappa shape index (κ2) is 8.92. The Morgan fingerprint density at radius 1 is 0.971 bits per heavy atom. The van der Waals surface area contributed by atoms with Gasteiger partial charge in [-0.05, 0) is 67.1 Å². The molecule has 0 unspecified atom stereocenters. The van der Waals surface area contributed by atoms with Gasteiger partial charge >= 0.3 is 6.03 Å². The Morgan fingerprint density at radius 2 is 1.66 bits per heavy atom. The zero-order valence-electron chi connectivity index (χ0n) is 20.0. The van der Waals surface area contributed by atoms with Crippen molar-refractivity contribution in [2.75, 3.05) is 40.0 Å². The lowest BCUT2D eigenvalue weighted by molar-refractivity contribution is -0.132. The molecule has 186 valence electrons. The van der Waals surface area contributed by atoms with E-state index in [0.717, 1.165) is 24.8 Å². The van der Waals surface area contributed by atoms with Crippen LogP contribution in [0.5, 0.6) is 5.75 Å². The van der Waals surface area contributed by atoms with Crippen LogP contribution in [0, 0.1) is 0 Å². The van der Waals surface area contributed by atoms with Gasteiger partial charge < -0.3 is 10.1 Å². The molecule has 35 heavy (non-hydrogen) atoms. The molecule has 0 bridgehead atoms. The molecule has 3 aliphatic rings. The van der Waals surface area contributed by atoms with Crippen LogP contribution in [0.2, 0.25) is 0 Å². The summed E-state index contributed by atoms with van der Waals surface area (Å²) in [6, 6.07) is 11.9. The topological polar surface area (TPSA) is 99.3 Å². The first-order valence-corrected chi connectivity index (χ1v) is 13.3. The zero-order valence-corrected chi connectivity index (χ0v) is 20.8. The molecule has 2 heterocycles. The van der Waals surface area contributed by atoms with E-state index in [9.17, 15) is 18.0 Å². The maximum Gasteiger partial charge on any atom is 0.326 e. The standard InChI is InChI=1S/C25H30N4O5S/c1-25(20-7-6-18-4-3-5-19(18)16-20)23(30)29(24(31)26-25)17-27-12-14-28(15-13-27)35(32,33)22-10-8-21(34-2)9-11-22/h6-11,16H,3-5,12-15,17H2,1-2H3,(H,26,31)/t25-/m1/s1. The second-order valence-electron chi connectivity index (χ2n) is 9.46. The lowest BCUT2D eigenvalue weighted by atomic mass is 9.90. The number of nitrogens with zero attached hydrogens (tertiary/aromatic N) is 3. The van der Waals surface area contributed by atoms with Crippen LogP contribution in [-0.4, -0.2) is 74.4 Å². The average molecular weight is 499 g/mol. The number of hydrogen-bond acceptors (Lipinski definition) is 6. The highest BCUT2D eigenvalue weighted by Crippen LogP contribution is 2.33. The number of carbonyl (C=O) groups is 2. The summed E-state index contributed by atoms with van der Waals surface area (Å²) < 4.78 is 32.5. The van der Waals surface area contributed by atoms with Crippen molar-refractivity contribution in [3.8, 4) is 5.75 Å². The molecule has 10 heteroatoms. The summed E-state index contributed by atoms with van der Waals surface area (Å²) in [6.07, 6.45) is 3.16. The van der Waals surface area contributed by atoms with Crippen molar-refractivity contribution in [3.05, 3.63) is 59.2 Å². The van der Waals surface area contributed by atoms with E-state index >= 15 is 0 Å². The van der Waals surface area contributed by atoms with Gasteiger partial charge in [0.15, 0.2) is 0 Å². The first-order chi connectivity index (χ1) is 16.7. The Morgan fingerprint density at radius 3 is 2.34 bits per heavy atom. The number of benzene rings is 2. The van der Waals surface area contributed by atoms with Crippen LogP contribution in [0.4, 0.5) is 4.79 Å². The van der Waals surface area contributed by atoms with Gasteiger partial charge in [-0.15, -0.1) is 0 Å². The van der Waals surface area contributed by atoms with Crippen molar-refractivity contribution < 1.29 is 22.7 Å². The van der Waals surface area contributed by atoms with Gasteiger partial charge in [-0.1, -0.05) is 18.2 Å². The molecule has 1 N–H and O–H groups in total. The number of fused-ring (bicyclic) bond motifs is 1. The first kappa shape index (κ1) is 23.8. The number of ether oxygens (including phenoxy) is 1. The molecular weight excluding hydrogens is 468 g/mol. The SMILES string of the molecule is COc1ccc(S(=O)(=O)N2CCN(CN3C(=O)N[C@](C)(c4ccc5c(c4)CCC5)C3=O)CC2)cc1. The van der Waals surface area contributed by atoms with Crippen molar-refractivity contribution in [3.63, 3.8) is 0 Å². The number of methoxy groups -OCH3 is 1. The van der Waals surface area contributed by atoms with E-state index in [4.69, 9.17) is 4.74 Å². The summed E-state index contributed by atoms with van der Waals surface area (Å²) in [5.74, 6) is 0.308. The first-order valence-electron chi connectivity index (χ1n) is 11.9. The van der Waals surface area contributed by atoms with Gasteiger partial charge in [-0.2, -0.15) is 4.31 Å². The van der Waals surface area contributed by atoms with Gasteiger partial charge in [0.05, 0.1) is 18.7 Å². The molecule has 5 rings (SSSR count). The van der Waals surface area contributed by atoms with E-state index in [-0.39, 0.29) is 30.6 Å². The number of nitrogens with one attached hydrogen (secondary N) is 1. The normalized spacial score (nSPS) is 23.4. The van der Waals surface area contributed by atoms with E-state index in [1.54, 1.807) is 19.1 Å². The van der Waals surface area contributed by atoms with Gasteiger partial charge in [0.2, 0.25) is 10.0 Å². The van der Waals surface area contributed by atoms with Crippen molar-refractivity contribution in [1.82, 2.24) is 19.4 Å². The van der Waals surface area contributed by atoms with E-state index in [2.05, 4.69) is 11.4 Å². The number of imide groups is 1. The van der Waals surface area contributed by atoms with Gasteiger partial charge in [-0.25, -0.2) is 18.1 Å². The monoisotopic (exact) mass is 498 g/mol. The number of rotatable bonds is 6. The predicted octanol–water partition coefficient (Wildman–Crippen LogP) is 1.91. The van der Waals surface area contributed by atoms with Crippen molar-refractivity contribution in [2.45, 2.75) is 36.6 Å². The Hall–Kier alpha value is -2.95. The van der Waals surface area contributed by atoms with Crippen LogP contribution in [0.15, 0.2) is 47.4 Å². The van der Waals surface area contributed by atoms with Crippen LogP contribution < -0.4 is 10.1 Å². The highest BCUT2D eigenvalue weighted by atomic mass is 32.2. The minimum Gasteiger partial charge on any atom is -0.497 e. The van der Waals surface area contributed by atoms with E-state index < -0.39 is 21.6 Å². The highest BCUT2D eigenvalue weighted by molar-refractivity contribution is 7.89. The van der Waals surface area contributed by atoms with E-state index in [1.165, 1.54) is 39.6 Å². The molecule has 9 nitrogen and oxygen atoms in total. The molecule has 0 aromatic heterocycles. The summed E-state index contributed by atoms with van der Waals surface area (Å²) in [5.41, 5.74) is 2.26. The van der Waals surface area contributed by atoms with Crippen LogP contribution in [-0.2, 0) is 33.2 Å². The molecule has 2 aromatic carbocycles. The van der Waals surface area contributed by atoms with Crippen LogP contribution in [0.1, 0.15) is 30.0 Å². The Balaban J connectivity index is 1.23. The third kappa shape index (κ3) is 4.19. The summed E-state index contributed by atoms with van der Waals surface area (Å²) in [4.78, 5) is 29.6. The van der Waals surface area contributed by atoms with Crippen LogP contribution in [0.25, 0.3) is 0 Å². The smallest absolute Gasteiger partial charge is 0.326 e. The molecule has 2 aromatic rings. The third-order valence-corrected chi connectivity index (χ3v) is 9.23. The highest BCUT2D eigenvalue weighted by Gasteiger charge is 2.49. The molecular formula is C25H30N4O5S. The molecule has 2 saturated heterocycles. The fourth-order valence-electron chi connectivity index (χ4n) is 5.11. The van der Waals surface area contributed by atoms with Crippen molar-refractivity contribution >= 4 is 22.0 Å². The lowest BCUT2D eigenvalue weighted by Crippen LogP contribution is -2.52. The summed E-state index contributed by atoms with van der Waals surface area (Å²) in [7, 11) is -2.10. The molecule has 3 amide bonds. The summed E-state index contributed by atoms with van der Waals surface area (Å²) in [6.45, 7) is 3.27. The molecule has 2 fully saturated rings. The van der Waals surface area contributed by atoms with Gasteiger partial charge in [0, 0.05) is 26.2 Å². The Labute approximate surface area is 205 Å². The number of aryl methyl sites for hydroxylation is 2. The predicted molar refractivity (Wildman–Crippen MR) is 129 cm³/mol. The van der Waals surface area contributed by atoms with Crippen molar-refractivity contribution in [2.24, 2.45) is 0 Å². The van der Waals surface area contributed by atoms with Gasteiger partial charge in [0.1, 0.15) is 11.3 Å². The molecule has 1 atom stereocenters. The minimum atomic E-state index is -3.63. The van der Waals surface area contributed by atoms with Crippen LogP contribution in [0.3, 0.4) is 0 Å². The number of sulfonamides is 1. The molecule has 0 saturated carbocycles. The quantitative estimate of drug-likeness (QED) is 0.611. The van der Waals surface area contributed by atoms with Crippen molar-refractivity contribution in [1.29, 1.82) is 0 Å². The van der Waals surface area contributed by atoms with E-state index in [0.29, 0.717) is 18.8 Å². The second-order valence-corrected chi connectivity index (χ2v) is 11.4. The zero-order chi connectivity index (χ0) is 24.8. The number of urea groups is 1. The number of piperazine rings is 1. The molecule has 0 radical (unpaired) electrons. The Bertz CT molecular complexity index is 1260. The molecule has 0 spiro atoms. The molecule has 1 aliphatic carbocycles. The average Bonchev–Trinajstić information content (AvgIpc) is 3.42. The van der Waals surface area contributed by atoms with E-state index in [1.807, 2.05) is 17.0 Å². The fraction of sp³-hybridized carbons (Fsp3) is 0.440. The van der Waals surface area contributed by atoms with Gasteiger partial charge in [-0.3, -0.25) is 9.69 Å².